The highest BCUT2D eigenvalue weighted by Crippen LogP contribution is 2.33. The van der Waals surface area contributed by atoms with Gasteiger partial charge in [-0.3, -0.25) is 0 Å². The van der Waals surface area contributed by atoms with Gasteiger partial charge in [-0.15, -0.1) is 0 Å². The first-order chi connectivity index (χ1) is 10.3. The molecule has 0 spiro atoms. The van der Waals surface area contributed by atoms with Crippen LogP contribution in [-0.2, 0) is 6.61 Å². The smallest absolute Gasteiger partial charge is 0.215 e. The van der Waals surface area contributed by atoms with Crippen LogP contribution in [0.3, 0.4) is 0 Å². The molecule has 0 aliphatic carbocycles. The first kappa shape index (κ1) is 13.1. The zero-order chi connectivity index (χ0) is 14.7. The Balaban J connectivity index is 1.99. The van der Waals surface area contributed by atoms with Crippen LogP contribution in [0.15, 0.2) is 64.2 Å². The van der Waals surface area contributed by atoms with E-state index in [1.54, 1.807) is 6.07 Å². The average Bonchev–Trinajstić information content (AvgIpc) is 2.92. The number of rotatable bonds is 4. The van der Waals surface area contributed by atoms with Gasteiger partial charge in [-0.2, -0.15) is 0 Å². The van der Waals surface area contributed by atoms with Crippen molar-refractivity contribution in [3.05, 3.63) is 65.9 Å². The van der Waals surface area contributed by atoms with Gasteiger partial charge in [-0.1, -0.05) is 47.6 Å². The minimum absolute atomic E-state index is 0.116. The summed E-state index contributed by atoms with van der Waals surface area (Å²) in [6.07, 6.45) is 0. The summed E-state index contributed by atoms with van der Waals surface area (Å²) in [5.74, 6) is 0.591. The molecule has 0 atom stereocenters. The van der Waals surface area contributed by atoms with Gasteiger partial charge >= 0.3 is 0 Å². The molecular weight excluding hydrogens is 268 g/mol. The fraction of sp³-hybridized carbons (Fsp3) is 0.0625. The fourth-order valence-corrected chi connectivity index (χ4v) is 2.11. The molecule has 0 fully saturated rings. The van der Waals surface area contributed by atoms with E-state index in [2.05, 4.69) is 5.16 Å². The summed E-state index contributed by atoms with van der Waals surface area (Å²) in [7, 11) is 0. The maximum atomic E-state index is 8.87. The van der Waals surface area contributed by atoms with Gasteiger partial charge in [0.05, 0.1) is 5.39 Å². The van der Waals surface area contributed by atoms with Crippen molar-refractivity contribution in [2.24, 2.45) is 10.9 Å². The fourth-order valence-electron chi connectivity index (χ4n) is 2.11. The maximum Gasteiger partial charge on any atom is 0.215 e. The lowest BCUT2D eigenvalue weighted by Gasteiger charge is -2.06. The second-order valence-electron chi connectivity index (χ2n) is 4.52. The van der Waals surface area contributed by atoms with Gasteiger partial charge in [0.15, 0.2) is 5.75 Å². The van der Waals surface area contributed by atoms with E-state index in [0.29, 0.717) is 17.9 Å². The highest BCUT2D eigenvalue weighted by atomic mass is 16.5. The van der Waals surface area contributed by atoms with Crippen LogP contribution in [0.1, 0.15) is 11.3 Å². The van der Waals surface area contributed by atoms with Crippen molar-refractivity contribution in [3.63, 3.8) is 0 Å². The van der Waals surface area contributed by atoms with Gasteiger partial charge in [-0.25, -0.2) is 0 Å². The summed E-state index contributed by atoms with van der Waals surface area (Å²) in [5.41, 5.74) is 7.30. The van der Waals surface area contributed by atoms with Gasteiger partial charge in [0.1, 0.15) is 12.2 Å². The molecule has 0 saturated carbocycles. The number of fused-ring (bicyclic) bond motifs is 1. The van der Waals surface area contributed by atoms with Crippen LogP contribution in [0.5, 0.6) is 5.75 Å². The number of nitrogens with zero attached hydrogens (tertiary/aromatic N) is 1. The molecule has 5 nitrogen and oxygen atoms in total. The molecule has 0 amide bonds. The predicted octanol–water partition coefficient (Wildman–Crippen LogP) is 3.11. The lowest BCUT2D eigenvalue weighted by molar-refractivity contribution is 0.300. The molecule has 0 radical (unpaired) electrons. The molecule has 21 heavy (non-hydrogen) atoms. The molecule has 1 heterocycles. The number of benzene rings is 2. The van der Waals surface area contributed by atoms with Crippen molar-refractivity contribution >= 4 is 16.8 Å². The molecule has 3 N–H and O–H groups in total. The molecule has 0 unspecified atom stereocenters. The van der Waals surface area contributed by atoms with E-state index in [9.17, 15) is 0 Å². The molecule has 106 valence electrons. The topological polar surface area (TPSA) is 81.0 Å². The van der Waals surface area contributed by atoms with Crippen molar-refractivity contribution in [3.8, 4) is 5.75 Å². The Bertz CT molecular complexity index is 779. The first-order valence-electron chi connectivity index (χ1n) is 6.45. The normalized spacial score (nSPS) is 11.7. The summed E-state index contributed by atoms with van der Waals surface area (Å²) in [4.78, 5) is 0. The van der Waals surface area contributed by atoms with Crippen LogP contribution in [-0.4, -0.2) is 11.0 Å². The summed E-state index contributed by atoms with van der Waals surface area (Å²) >= 11 is 0. The zero-order valence-corrected chi connectivity index (χ0v) is 11.2. The van der Waals surface area contributed by atoms with E-state index in [-0.39, 0.29) is 11.6 Å². The SMILES string of the molecule is N/C(=N/O)c1oc2ccccc2c1OCc1ccccc1. The highest BCUT2D eigenvalue weighted by molar-refractivity contribution is 6.03. The number of para-hydroxylation sites is 1. The van der Waals surface area contributed by atoms with Gasteiger partial charge in [0, 0.05) is 0 Å². The Kier molecular flexibility index (Phi) is 3.47. The monoisotopic (exact) mass is 282 g/mol. The van der Waals surface area contributed by atoms with Crippen LogP contribution >= 0.6 is 0 Å². The second-order valence-corrected chi connectivity index (χ2v) is 4.52. The van der Waals surface area contributed by atoms with E-state index in [4.69, 9.17) is 20.1 Å². The Labute approximate surface area is 121 Å². The molecule has 1 aromatic heterocycles. The van der Waals surface area contributed by atoms with Crippen LogP contribution in [0, 0.1) is 0 Å². The van der Waals surface area contributed by atoms with Crippen LogP contribution in [0.25, 0.3) is 11.0 Å². The summed E-state index contributed by atoms with van der Waals surface area (Å²) in [6, 6.07) is 17.2. The predicted molar refractivity (Wildman–Crippen MR) is 79.5 cm³/mol. The lowest BCUT2D eigenvalue weighted by atomic mass is 10.2. The number of hydrogen-bond donors (Lipinski definition) is 2. The maximum absolute atomic E-state index is 8.87. The van der Waals surface area contributed by atoms with Gasteiger partial charge in [-0.05, 0) is 17.7 Å². The van der Waals surface area contributed by atoms with Crippen molar-refractivity contribution in [2.75, 3.05) is 0 Å². The minimum atomic E-state index is -0.116. The number of amidine groups is 1. The third-order valence-corrected chi connectivity index (χ3v) is 3.12. The molecule has 3 rings (SSSR count). The number of ether oxygens (including phenoxy) is 1. The van der Waals surface area contributed by atoms with Crippen LogP contribution < -0.4 is 10.5 Å². The number of nitrogens with two attached hydrogens (primary N) is 1. The molecule has 2 aromatic carbocycles. The number of furan rings is 1. The van der Waals surface area contributed by atoms with E-state index < -0.39 is 0 Å². The highest BCUT2D eigenvalue weighted by Gasteiger charge is 2.19. The van der Waals surface area contributed by atoms with E-state index in [1.807, 2.05) is 48.5 Å². The van der Waals surface area contributed by atoms with Gasteiger partial charge < -0.3 is 20.1 Å². The Hall–Kier alpha value is -2.95. The molecular formula is C16H14N2O3. The third-order valence-electron chi connectivity index (χ3n) is 3.12. The number of hydrogen-bond acceptors (Lipinski definition) is 4. The largest absolute Gasteiger partial charge is 0.484 e. The molecule has 5 heteroatoms. The lowest BCUT2D eigenvalue weighted by Crippen LogP contribution is -2.13. The quantitative estimate of drug-likeness (QED) is 0.333. The Morgan fingerprint density at radius 3 is 2.57 bits per heavy atom. The number of oxime groups is 1. The van der Waals surface area contributed by atoms with Gasteiger partial charge in [0.2, 0.25) is 11.6 Å². The standard InChI is InChI=1S/C16H14N2O3/c17-16(18-19)15-14(12-8-4-5-9-13(12)21-15)20-10-11-6-2-1-3-7-11/h1-9,19H,10H2,(H2,17,18). The summed E-state index contributed by atoms with van der Waals surface area (Å²) in [5, 5.41) is 12.6. The molecule has 0 bridgehead atoms. The molecule has 3 aromatic rings. The van der Waals surface area contributed by atoms with Crippen molar-refractivity contribution in [2.45, 2.75) is 6.61 Å². The average molecular weight is 282 g/mol. The Morgan fingerprint density at radius 2 is 1.81 bits per heavy atom. The van der Waals surface area contributed by atoms with E-state index >= 15 is 0 Å². The zero-order valence-electron chi connectivity index (χ0n) is 11.2. The van der Waals surface area contributed by atoms with E-state index in [1.165, 1.54) is 0 Å². The minimum Gasteiger partial charge on any atom is -0.484 e. The Morgan fingerprint density at radius 1 is 1.10 bits per heavy atom. The third kappa shape index (κ3) is 2.53. The van der Waals surface area contributed by atoms with Crippen molar-refractivity contribution in [1.29, 1.82) is 0 Å². The van der Waals surface area contributed by atoms with Crippen LogP contribution in [0.2, 0.25) is 0 Å². The molecule has 0 aliphatic heterocycles. The van der Waals surface area contributed by atoms with Crippen molar-refractivity contribution < 1.29 is 14.4 Å². The van der Waals surface area contributed by atoms with Crippen LogP contribution in [0.4, 0.5) is 0 Å². The molecule has 0 saturated heterocycles. The second kappa shape index (κ2) is 5.58. The van der Waals surface area contributed by atoms with E-state index in [0.717, 1.165) is 10.9 Å². The first-order valence-corrected chi connectivity index (χ1v) is 6.45. The van der Waals surface area contributed by atoms with Gasteiger partial charge in [0.25, 0.3) is 0 Å². The summed E-state index contributed by atoms with van der Waals surface area (Å²) < 4.78 is 11.4. The molecule has 0 aliphatic rings. The van der Waals surface area contributed by atoms with Crippen molar-refractivity contribution in [1.82, 2.24) is 0 Å². The summed E-state index contributed by atoms with van der Waals surface area (Å²) in [6.45, 7) is 0.371.